The highest BCUT2D eigenvalue weighted by Crippen LogP contribution is 2.21. The predicted octanol–water partition coefficient (Wildman–Crippen LogP) is 1.23. The minimum Gasteiger partial charge on any atom is -0.391 e. The molecule has 2 aromatic carbocycles. The van der Waals surface area contributed by atoms with Gasteiger partial charge in [-0.25, -0.2) is 0 Å². The third-order valence-corrected chi connectivity index (χ3v) is 7.51. The Balaban J connectivity index is 0.00000452. The van der Waals surface area contributed by atoms with Crippen molar-refractivity contribution in [2.45, 2.75) is 83.7 Å². The van der Waals surface area contributed by atoms with Crippen molar-refractivity contribution in [3.05, 3.63) is 59.7 Å². The van der Waals surface area contributed by atoms with Crippen LogP contribution in [-0.2, 0) is 30.4 Å². The van der Waals surface area contributed by atoms with E-state index < -0.39 is 79.3 Å². The molecule has 0 saturated heterocycles. The number of hydrogen-bond acceptors (Lipinski definition) is 9. The maximum Gasteiger partial charge on any atom is 0.451 e. The van der Waals surface area contributed by atoms with Gasteiger partial charge in [0, 0.05) is 5.56 Å². The van der Waals surface area contributed by atoms with E-state index in [1.165, 1.54) is 12.5 Å². The molecule has 0 radical (unpaired) electrons. The lowest BCUT2D eigenvalue weighted by atomic mass is 10.0. The highest BCUT2D eigenvalue weighted by molar-refractivity contribution is 5.98. The van der Waals surface area contributed by atoms with Crippen molar-refractivity contribution in [1.29, 1.82) is 0 Å². The van der Waals surface area contributed by atoms with Crippen molar-refractivity contribution in [3.63, 3.8) is 0 Å². The minimum absolute atomic E-state index is 0.0157. The Morgan fingerprint density at radius 3 is 1.79 bits per heavy atom. The first-order valence-corrected chi connectivity index (χ1v) is 17.4. The van der Waals surface area contributed by atoms with Gasteiger partial charge < -0.3 is 43.2 Å². The number of nitrogens with one attached hydrogen (secondary N) is 5. The van der Waals surface area contributed by atoms with E-state index in [9.17, 15) is 47.0 Å². The molecule has 0 bridgehead atoms. The Kier molecular flexibility index (Phi) is 21.2. The van der Waals surface area contributed by atoms with Gasteiger partial charge in [0.2, 0.25) is 23.6 Å². The summed E-state index contributed by atoms with van der Waals surface area (Å²) in [6.07, 6.45) is -2.60. The summed E-state index contributed by atoms with van der Waals surface area (Å²) in [4.78, 5) is 73.9. The number of unbranched alkanes of at least 4 members (excludes halogenated alkanes) is 2. The molecule has 10 N–H and O–H groups in total. The number of rotatable bonds is 20. The van der Waals surface area contributed by atoms with Crippen LogP contribution in [0.25, 0.3) is 11.1 Å². The molecule has 294 valence electrons. The second-order valence-electron chi connectivity index (χ2n) is 12.0. The Hall–Kier alpha value is -4.87. The molecule has 2 aromatic rings. The maximum absolute atomic E-state index is 12.7. The summed E-state index contributed by atoms with van der Waals surface area (Å²) in [5.41, 5.74) is 13.7. The summed E-state index contributed by atoms with van der Waals surface area (Å²) < 4.78 is 37.5. The van der Waals surface area contributed by atoms with Gasteiger partial charge in [-0.3, -0.25) is 28.8 Å². The first-order valence-electron chi connectivity index (χ1n) is 17.4. The van der Waals surface area contributed by atoms with E-state index in [1.54, 1.807) is 24.3 Å². The molecule has 0 fully saturated rings. The first kappa shape index (κ1) is 46.2. The second kappa shape index (κ2) is 24.4. The van der Waals surface area contributed by atoms with Gasteiger partial charge in [-0.2, -0.15) is 13.2 Å². The average Bonchev–Trinajstić information content (AvgIpc) is 3.12. The summed E-state index contributed by atoms with van der Waals surface area (Å²) in [5.74, 6) is -6.46. The third kappa shape index (κ3) is 17.9. The van der Waals surface area contributed by atoms with Crippen LogP contribution in [0, 0.1) is 0 Å². The zero-order valence-electron chi connectivity index (χ0n) is 30.3. The number of carbonyl (C=O) groups excluding carboxylic acids is 6. The molecule has 5 amide bonds. The van der Waals surface area contributed by atoms with Crippen LogP contribution in [0.4, 0.5) is 13.2 Å². The second-order valence-corrected chi connectivity index (χ2v) is 12.0. The van der Waals surface area contributed by atoms with E-state index in [2.05, 4.69) is 40.3 Å². The van der Waals surface area contributed by atoms with E-state index in [4.69, 9.17) is 11.5 Å². The summed E-state index contributed by atoms with van der Waals surface area (Å²) in [5, 5.41) is 21.1. The van der Waals surface area contributed by atoms with Crippen LogP contribution in [0.2, 0.25) is 0 Å². The van der Waals surface area contributed by atoms with Crippen LogP contribution in [-0.4, -0.2) is 97.5 Å². The van der Waals surface area contributed by atoms with Gasteiger partial charge in [-0.1, -0.05) is 56.7 Å². The van der Waals surface area contributed by atoms with Crippen LogP contribution in [0.1, 0.15) is 68.8 Å². The van der Waals surface area contributed by atoms with Gasteiger partial charge >= 0.3 is 6.18 Å². The number of hydrogen-bond donors (Lipinski definition) is 8. The molecule has 0 aliphatic rings. The molecular formula is C36H52F3N7O7. The monoisotopic (exact) mass is 751 g/mol. The molecule has 3 atom stereocenters. The van der Waals surface area contributed by atoms with Crippen LogP contribution in [0.15, 0.2) is 48.5 Å². The SMILES string of the molecule is CCCCc1ccc(-c2ccc(C(=O)NCC(=O)NC(C(=O)NCC(=O)NC(CCCCN)C(=O)NCC(=O)C(F)(F)F)C(C)O)cc2)cc1.CCN. The summed E-state index contributed by atoms with van der Waals surface area (Å²) >= 11 is 0. The number of benzene rings is 2. The lowest BCUT2D eigenvalue weighted by Gasteiger charge is -2.22. The number of carbonyl (C=O) groups is 6. The van der Waals surface area contributed by atoms with Crippen LogP contribution < -0.4 is 38.1 Å². The molecule has 53 heavy (non-hydrogen) atoms. The summed E-state index contributed by atoms with van der Waals surface area (Å²) in [6.45, 7) is 3.67. The van der Waals surface area contributed by atoms with Crippen molar-refractivity contribution < 1.29 is 47.0 Å². The molecule has 0 saturated carbocycles. The van der Waals surface area contributed by atoms with Crippen LogP contribution >= 0.6 is 0 Å². The number of nitrogens with two attached hydrogens (primary N) is 2. The Bertz CT molecular complexity index is 1470. The summed E-state index contributed by atoms with van der Waals surface area (Å²) in [7, 11) is 0. The number of aryl methyl sites for hydroxylation is 1. The van der Waals surface area contributed by atoms with Gasteiger partial charge in [0.25, 0.3) is 11.7 Å². The Morgan fingerprint density at radius 1 is 0.736 bits per heavy atom. The molecule has 14 nitrogen and oxygen atoms in total. The van der Waals surface area contributed by atoms with Crippen molar-refractivity contribution >= 4 is 35.3 Å². The lowest BCUT2D eigenvalue weighted by Crippen LogP contribution is -2.56. The highest BCUT2D eigenvalue weighted by Gasteiger charge is 2.38. The highest BCUT2D eigenvalue weighted by atomic mass is 19.4. The number of aliphatic hydroxyl groups is 1. The zero-order valence-corrected chi connectivity index (χ0v) is 30.3. The van der Waals surface area contributed by atoms with Crippen LogP contribution in [0.3, 0.4) is 0 Å². The zero-order chi connectivity index (χ0) is 40.0. The van der Waals surface area contributed by atoms with Crippen LogP contribution in [0.5, 0.6) is 0 Å². The van der Waals surface area contributed by atoms with Gasteiger partial charge in [0.1, 0.15) is 12.1 Å². The van der Waals surface area contributed by atoms with Crippen molar-refractivity contribution in [2.75, 3.05) is 32.7 Å². The molecule has 2 rings (SSSR count). The van der Waals surface area contributed by atoms with Crippen molar-refractivity contribution in [1.82, 2.24) is 26.6 Å². The standard InChI is InChI=1S/C34H45F3N6O7.C2H7N/c1-3-4-7-22-9-11-23(12-10-22)24-13-15-25(16-14-24)31(48)40-20-29(47)43-30(21(2)44)33(50)41-19-28(46)42-26(8-5-6-17-38)32(49)39-18-27(45)34(35,36)37;1-2-3/h9-16,21,26,30,44H,3-8,17-20,38H2,1-2H3,(H,39,49)(H,40,48)(H,41,50)(H,42,46)(H,43,47);2-3H2,1H3. The molecule has 0 spiro atoms. The molecular weight excluding hydrogens is 699 g/mol. The number of ketones is 1. The van der Waals surface area contributed by atoms with E-state index in [0.717, 1.165) is 36.9 Å². The number of amides is 5. The molecule has 17 heteroatoms. The topological polar surface area (TPSA) is 235 Å². The van der Waals surface area contributed by atoms with Gasteiger partial charge in [-0.05, 0) is 80.9 Å². The molecule has 0 aliphatic carbocycles. The third-order valence-electron chi connectivity index (χ3n) is 7.51. The fraction of sp³-hybridized carbons (Fsp3) is 0.500. The van der Waals surface area contributed by atoms with E-state index >= 15 is 0 Å². The fourth-order valence-electron chi connectivity index (χ4n) is 4.63. The molecule has 3 unspecified atom stereocenters. The largest absolute Gasteiger partial charge is 0.451 e. The molecule has 0 aromatic heterocycles. The normalized spacial score (nSPS) is 12.5. The number of halogens is 3. The lowest BCUT2D eigenvalue weighted by molar-refractivity contribution is -0.170. The maximum atomic E-state index is 12.7. The predicted molar refractivity (Wildman–Crippen MR) is 193 cm³/mol. The van der Waals surface area contributed by atoms with Gasteiger partial charge in [0.15, 0.2) is 0 Å². The fourth-order valence-corrected chi connectivity index (χ4v) is 4.63. The quantitative estimate of drug-likeness (QED) is 0.0908. The minimum atomic E-state index is -5.15. The Labute approximate surface area is 307 Å². The van der Waals surface area contributed by atoms with Crippen molar-refractivity contribution in [2.24, 2.45) is 11.5 Å². The number of alkyl halides is 3. The van der Waals surface area contributed by atoms with Gasteiger partial charge in [0.05, 0.1) is 25.7 Å². The number of Topliss-reactive ketones (excluding diaryl/α,β-unsaturated/α-hetero) is 1. The summed E-state index contributed by atoms with van der Waals surface area (Å²) in [6, 6.07) is 12.1. The van der Waals surface area contributed by atoms with Gasteiger partial charge in [-0.15, -0.1) is 0 Å². The Morgan fingerprint density at radius 2 is 1.26 bits per heavy atom. The average molecular weight is 752 g/mol. The van der Waals surface area contributed by atoms with E-state index in [0.29, 0.717) is 18.4 Å². The van der Waals surface area contributed by atoms with E-state index in [1.807, 2.05) is 24.4 Å². The smallest absolute Gasteiger partial charge is 0.391 e. The van der Waals surface area contributed by atoms with Crippen molar-refractivity contribution in [3.8, 4) is 11.1 Å². The molecule has 0 aliphatic heterocycles. The molecule has 0 heterocycles. The van der Waals surface area contributed by atoms with E-state index in [-0.39, 0.29) is 13.0 Å². The number of aliphatic hydroxyl groups excluding tert-OH is 1. The first-order chi connectivity index (χ1) is 25.1.